The summed E-state index contributed by atoms with van der Waals surface area (Å²) in [4.78, 5) is 45.9. The number of nitrogens with zero attached hydrogens (tertiary/aromatic N) is 4. The molecule has 8 heteroatoms. The molecule has 0 radical (unpaired) electrons. The monoisotopic (exact) mass is 406 g/mol. The Kier molecular flexibility index (Phi) is 6.70. The summed E-state index contributed by atoms with van der Waals surface area (Å²) in [5.41, 5.74) is 0. The van der Waals surface area contributed by atoms with E-state index in [1.807, 2.05) is 9.80 Å². The Morgan fingerprint density at radius 3 is 2.41 bits per heavy atom. The summed E-state index contributed by atoms with van der Waals surface area (Å²) in [6.07, 6.45) is 5.63. The third kappa shape index (κ3) is 4.91. The molecule has 4 rings (SSSR count). The van der Waals surface area contributed by atoms with Gasteiger partial charge < -0.3 is 19.4 Å². The lowest BCUT2D eigenvalue weighted by Gasteiger charge is -2.40. The molecule has 162 valence electrons. The number of amides is 3. The zero-order chi connectivity index (χ0) is 20.2. The molecule has 3 amide bonds. The molecule has 1 aliphatic carbocycles. The summed E-state index contributed by atoms with van der Waals surface area (Å²) in [5.74, 6) is 0.105. The minimum atomic E-state index is -0.178. The van der Waals surface area contributed by atoms with Gasteiger partial charge in [0.1, 0.15) is 0 Å². The summed E-state index contributed by atoms with van der Waals surface area (Å²) in [6, 6.07) is 0.378. The Labute approximate surface area is 173 Å². The second-order valence-corrected chi connectivity index (χ2v) is 8.81. The summed E-state index contributed by atoms with van der Waals surface area (Å²) in [6.45, 7) is 6.75. The van der Waals surface area contributed by atoms with E-state index in [-0.39, 0.29) is 30.2 Å². The fraction of sp³-hybridized carbons (Fsp3) is 0.857. The van der Waals surface area contributed by atoms with Gasteiger partial charge in [-0.05, 0) is 19.3 Å². The maximum atomic E-state index is 13.1. The van der Waals surface area contributed by atoms with Crippen LogP contribution in [-0.4, -0.2) is 109 Å². The number of piperazine rings is 1. The quantitative estimate of drug-likeness (QED) is 0.651. The predicted octanol–water partition coefficient (Wildman–Crippen LogP) is 0.171. The van der Waals surface area contributed by atoms with Crippen LogP contribution >= 0.6 is 0 Å². The molecule has 1 atom stereocenters. The Morgan fingerprint density at radius 2 is 1.69 bits per heavy atom. The smallest absolute Gasteiger partial charge is 0.242 e. The number of rotatable bonds is 5. The van der Waals surface area contributed by atoms with Gasteiger partial charge in [-0.1, -0.05) is 12.8 Å². The van der Waals surface area contributed by atoms with Gasteiger partial charge in [-0.2, -0.15) is 0 Å². The van der Waals surface area contributed by atoms with E-state index in [0.717, 1.165) is 45.7 Å². The van der Waals surface area contributed by atoms with E-state index in [0.29, 0.717) is 45.1 Å². The zero-order valence-electron chi connectivity index (χ0n) is 17.4. The van der Waals surface area contributed by atoms with Crippen LogP contribution in [0, 0.1) is 5.92 Å². The van der Waals surface area contributed by atoms with E-state index in [1.165, 1.54) is 12.8 Å². The fourth-order valence-electron chi connectivity index (χ4n) is 5.15. The molecule has 1 saturated carbocycles. The van der Waals surface area contributed by atoms with Crippen LogP contribution in [0.4, 0.5) is 0 Å². The first kappa shape index (κ1) is 20.6. The lowest BCUT2D eigenvalue weighted by Crippen LogP contribution is -2.57. The van der Waals surface area contributed by atoms with Crippen molar-refractivity contribution in [1.29, 1.82) is 0 Å². The molecule has 0 spiro atoms. The summed E-state index contributed by atoms with van der Waals surface area (Å²) in [5, 5.41) is 0. The van der Waals surface area contributed by atoms with Crippen molar-refractivity contribution in [3.8, 4) is 0 Å². The van der Waals surface area contributed by atoms with Crippen LogP contribution in [0.15, 0.2) is 0 Å². The highest BCUT2D eigenvalue weighted by atomic mass is 16.5. The van der Waals surface area contributed by atoms with Gasteiger partial charge in [0.2, 0.25) is 17.7 Å². The van der Waals surface area contributed by atoms with Crippen molar-refractivity contribution in [2.45, 2.75) is 44.6 Å². The standard InChI is InChI=1S/C21H34N4O4/c26-19-6-5-17(15-23(19)8-7-22-11-13-29-14-12-22)21(28)24-9-10-25(20(27)16-24)18-3-1-2-4-18/h17-18H,1-16H2/t17-/m1/s1. The van der Waals surface area contributed by atoms with Gasteiger partial charge in [0.25, 0.3) is 0 Å². The first-order valence-electron chi connectivity index (χ1n) is 11.3. The summed E-state index contributed by atoms with van der Waals surface area (Å²) in [7, 11) is 0. The van der Waals surface area contributed by atoms with Crippen LogP contribution in [0.25, 0.3) is 0 Å². The van der Waals surface area contributed by atoms with E-state index in [1.54, 1.807) is 4.90 Å². The number of likely N-dealkylation sites (tertiary alicyclic amines) is 1. The van der Waals surface area contributed by atoms with Crippen molar-refractivity contribution in [2.24, 2.45) is 5.92 Å². The Hall–Kier alpha value is -1.67. The lowest BCUT2D eigenvalue weighted by atomic mass is 9.95. The van der Waals surface area contributed by atoms with Crippen molar-refractivity contribution in [3.05, 3.63) is 0 Å². The predicted molar refractivity (Wildman–Crippen MR) is 107 cm³/mol. The van der Waals surface area contributed by atoms with Crippen molar-refractivity contribution < 1.29 is 19.1 Å². The molecule has 3 saturated heterocycles. The topological polar surface area (TPSA) is 73.4 Å². The van der Waals surface area contributed by atoms with Gasteiger partial charge in [-0.15, -0.1) is 0 Å². The Bertz CT molecular complexity index is 616. The van der Waals surface area contributed by atoms with Crippen molar-refractivity contribution in [1.82, 2.24) is 19.6 Å². The van der Waals surface area contributed by atoms with Crippen LogP contribution < -0.4 is 0 Å². The third-order valence-electron chi connectivity index (χ3n) is 6.97. The average Bonchev–Trinajstić information content (AvgIpc) is 3.28. The highest BCUT2D eigenvalue weighted by Gasteiger charge is 2.37. The van der Waals surface area contributed by atoms with E-state index in [4.69, 9.17) is 4.74 Å². The number of morpholine rings is 1. The van der Waals surface area contributed by atoms with Crippen LogP contribution in [0.5, 0.6) is 0 Å². The molecule has 3 heterocycles. The van der Waals surface area contributed by atoms with Gasteiger partial charge in [-0.25, -0.2) is 0 Å². The molecule has 0 bridgehead atoms. The number of carbonyl (C=O) groups is 3. The summed E-state index contributed by atoms with van der Waals surface area (Å²) < 4.78 is 5.37. The van der Waals surface area contributed by atoms with Gasteiger partial charge >= 0.3 is 0 Å². The molecule has 4 aliphatic rings. The molecule has 3 aliphatic heterocycles. The SMILES string of the molecule is O=C1CC[C@@H](C(=O)N2CCN(C3CCCC3)C(=O)C2)CN1CCN1CCOCC1. The second-order valence-electron chi connectivity index (χ2n) is 8.81. The Morgan fingerprint density at radius 1 is 0.931 bits per heavy atom. The molecule has 0 unspecified atom stereocenters. The number of carbonyl (C=O) groups excluding carboxylic acids is 3. The maximum Gasteiger partial charge on any atom is 0.242 e. The number of hydrogen-bond acceptors (Lipinski definition) is 5. The van der Waals surface area contributed by atoms with Gasteiger partial charge in [0.05, 0.1) is 25.7 Å². The van der Waals surface area contributed by atoms with Crippen LogP contribution in [-0.2, 0) is 19.1 Å². The van der Waals surface area contributed by atoms with E-state index in [9.17, 15) is 14.4 Å². The van der Waals surface area contributed by atoms with Gasteiger partial charge in [0.15, 0.2) is 0 Å². The van der Waals surface area contributed by atoms with Gasteiger partial charge in [0, 0.05) is 58.3 Å². The third-order valence-corrected chi connectivity index (χ3v) is 6.97. The van der Waals surface area contributed by atoms with Crippen molar-refractivity contribution >= 4 is 17.7 Å². The van der Waals surface area contributed by atoms with E-state index in [2.05, 4.69) is 4.90 Å². The van der Waals surface area contributed by atoms with Gasteiger partial charge in [-0.3, -0.25) is 19.3 Å². The van der Waals surface area contributed by atoms with Crippen LogP contribution in [0.3, 0.4) is 0 Å². The first-order valence-corrected chi connectivity index (χ1v) is 11.3. The molecular weight excluding hydrogens is 372 g/mol. The Balaban J connectivity index is 1.28. The fourth-order valence-corrected chi connectivity index (χ4v) is 5.15. The normalized spacial score (nSPS) is 27.7. The minimum Gasteiger partial charge on any atom is -0.379 e. The number of ether oxygens (including phenoxy) is 1. The molecule has 0 N–H and O–H groups in total. The summed E-state index contributed by atoms with van der Waals surface area (Å²) >= 11 is 0. The molecular formula is C21H34N4O4. The number of piperidine rings is 1. The lowest BCUT2D eigenvalue weighted by molar-refractivity contribution is -0.152. The highest BCUT2D eigenvalue weighted by molar-refractivity contribution is 5.88. The molecule has 8 nitrogen and oxygen atoms in total. The molecule has 29 heavy (non-hydrogen) atoms. The molecule has 0 aromatic rings. The molecule has 0 aromatic carbocycles. The first-order chi connectivity index (χ1) is 14.1. The van der Waals surface area contributed by atoms with Crippen molar-refractivity contribution in [2.75, 3.05) is 65.6 Å². The number of hydrogen-bond donors (Lipinski definition) is 0. The zero-order valence-corrected chi connectivity index (χ0v) is 17.4. The molecule has 4 fully saturated rings. The second kappa shape index (κ2) is 9.43. The maximum absolute atomic E-state index is 13.1. The molecule has 0 aromatic heterocycles. The average molecular weight is 407 g/mol. The van der Waals surface area contributed by atoms with Crippen molar-refractivity contribution in [3.63, 3.8) is 0 Å². The van der Waals surface area contributed by atoms with E-state index >= 15 is 0 Å². The highest BCUT2D eigenvalue weighted by Crippen LogP contribution is 2.26. The minimum absolute atomic E-state index is 0.0493. The van der Waals surface area contributed by atoms with Crippen LogP contribution in [0.2, 0.25) is 0 Å². The van der Waals surface area contributed by atoms with E-state index < -0.39 is 0 Å². The largest absolute Gasteiger partial charge is 0.379 e. The van der Waals surface area contributed by atoms with Crippen LogP contribution in [0.1, 0.15) is 38.5 Å².